The Labute approximate surface area is 151 Å². The minimum absolute atomic E-state index is 0.379. The van der Waals surface area contributed by atoms with Gasteiger partial charge in [-0.2, -0.15) is 0 Å². The standard InChI is InChI=1S/C20H30ClN3/c1-3-18-15-22-11-14-24(18)19-9-12-23(13-10-19)20(4-2)16-5-7-17(21)8-6-16/h5,7-8,16,18-19,22H,2-3,6,9-15H2,1H3. The summed E-state index contributed by atoms with van der Waals surface area (Å²) in [5, 5.41) is 4.38. The van der Waals surface area contributed by atoms with Gasteiger partial charge in [0.05, 0.1) is 5.70 Å². The molecule has 3 rings (SSSR count). The Kier molecular flexibility index (Phi) is 6.24. The number of nitrogens with one attached hydrogen (secondary N) is 1. The van der Waals surface area contributed by atoms with Crippen molar-refractivity contribution < 1.29 is 0 Å². The third kappa shape index (κ3) is 3.97. The smallest absolute Gasteiger partial charge is 0.0631 e. The van der Waals surface area contributed by atoms with Crippen LogP contribution in [0, 0.1) is 5.92 Å². The number of rotatable bonds is 4. The Balaban J connectivity index is 1.58. The first-order valence-corrected chi connectivity index (χ1v) is 9.76. The van der Waals surface area contributed by atoms with Crippen LogP contribution in [0.5, 0.6) is 0 Å². The lowest BCUT2D eigenvalue weighted by Gasteiger charge is -2.45. The average Bonchev–Trinajstić information content (AvgIpc) is 2.64. The molecule has 0 amide bonds. The molecule has 3 nitrogen and oxygen atoms in total. The molecule has 0 aromatic heterocycles. The van der Waals surface area contributed by atoms with Crippen molar-refractivity contribution in [3.8, 4) is 0 Å². The third-order valence-corrected chi connectivity index (χ3v) is 6.01. The molecule has 0 aromatic rings. The van der Waals surface area contributed by atoms with Gasteiger partial charge in [-0.25, -0.2) is 0 Å². The van der Waals surface area contributed by atoms with Crippen LogP contribution in [0.1, 0.15) is 32.6 Å². The van der Waals surface area contributed by atoms with Crippen molar-refractivity contribution in [3.63, 3.8) is 0 Å². The Morgan fingerprint density at radius 1 is 1.38 bits per heavy atom. The van der Waals surface area contributed by atoms with Gasteiger partial charge in [-0.1, -0.05) is 37.3 Å². The van der Waals surface area contributed by atoms with E-state index in [0.717, 1.165) is 43.7 Å². The van der Waals surface area contributed by atoms with E-state index in [2.05, 4.69) is 46.5 Å². The summed E-state index contributed by atoms with van der Waals surface area (Å²) in [4.78, 5) is 5.25. The van der Waals surface area contributed by atoms with Crippen molar-refractivity contribution in [1.29, 1.82) is 0 Å². The molecule has 2 atom stereocenters. The lowest BCUT2D eigenvalue weighted by molar-refractivity contribution is 0.0624. The zero-order valence-corrected chi connectivity index (χ0v) is 15.6. The van der Waals surface area contributed by atoms with Gasteiger partial charge in [-0.05, 0) is 31.8 Å². The number of likely N-dealkylation sites (tertiary alicyclic amines) is 1. The number of hydrogen-bond acceptors (Lipinski definition) is 3. The first kappa shape index (κ1) is 17.8. The molecule has 2 saturated heterocycles. The minimum Gasteiger partial charge on any atom is -0.368 e. The molecule has 2 unspecified atom stereocenters. The Morgan fingerprint density at radius 2 is 2.17 bits per heavy atom. The summed E-state index contributed by atoms with van der Waals surface area (Å²) in [6.45, 7) is 12.0. The molecule has 2 aliphatic heterocycles. The molecular weight excluding hydrogens is 318 g/mol. The zero-order chi connectivity index (χ0) is 16.9. The van der Waals surface area contributed by atoms with Crippen molar-refractivity contribution in [3.05, 3.63) is 41.3 Å². The highest BCUT2D eigenvalue weighted by Crippen LogP contribution is 2.30. The number of nitrogens with zero attached hydrogens (tertiary/aromatic N) is 2. The van der Waals surface area contributed by atoms with Crippen molar-refractivity contribution in [2.75, 3.05) is 32.7 Å². The van der Waals surface area contributed by atoms with Gasteiger partial charge < -0.3 is 10.2 Å². The van der Waals surface area contributed by atoms with Crippen molar-refractivity contribution in [2.24, 2.45) is 5.92 Å². The first-order chi connectivity index (χ1) is 11.7. The maximum Gasteiger partial charge on any atom is 0.0631 e. The summed E-state index contributed by atoms with van der Waals surface area (Å²) in [5.41, 5.74) is 4.46. The van der Waals surface area contributed by atoms with E-state index in [1.54, 1.807) is 0 Å². The van der Waals surface area contributed by atoms with Gasteiger partial charge in [-0.15, -0.1) is 5.73 Å². The maximum atomic E-state index is 6.05. The molecule has 3 aliphatic rings. The van der Waals surface area contributed by atoms with Crippen molar-refractivity contribution >= 4 is 11.6 Å². The molecule has 4 heteroatoms. The van der Waals surface area contributed by atoms with Crippen LogP contribution in [0.2, 0.25) is 0 Å². The number of allylic oxidation sites excluding steroid dienone is 4. The van der Waals surface area contributed by atoms with E-state index < -0.39 is 0 Å². The van der Waals surface area contributed by atoms with Crippen LogP contribution in [-0.4, -0.2) is 54.6 Å². The molecule has 2 heterocycles. The first-order valence-electron chi connectivity index (χ1n) is 9.38. The van der Waals surface area contributed by atoms with Crippen LogP contribution >= 0.6 is 11.6 Å². The molecular formula is C20H30ClN3. The Hall–Kier alpha value is -0.990. The molecule has 0 aromatic carbocycles. The third-order valence-electron chi connectivity index (χ3n) is 5.73. The fourth-order valence-electron chi connectivity index (χ4n) is 4.35. The molecule has 1 N–H and O–H groups in total. The second-order valence-corrected chi connectivity index (χ2v) is 7.51. The highest BCUT2D eigenvalue weighted by atomic mass is 35.5. The second-order valence-electron chi connectivity index (χ2n) is 7.07. The topological polar surface area (TPSA) is 18.5 Å². The van der Waals surface area contributed by atoms with Gasteiger partial charge in [0.15, 0.2) is 0 Å². The zero-order valence-electron chi connectivity index (χ0n) is 14.8. The van der Waals surface area contributed by atoms with Crippen LogP contribution in [0.3, 0.4) is 0 Å². The number of hydrogen-bond donors (Lipinski definition) is 1. The van der Waals surface area contributed by atoms with E-state index in [1.807, 2.05) is 6.08 Å². The molecule has 0 bridgehead atoms. The molecule has 1 aliphatic carbocycles. The molecule has 0 radical (unpaired) electrons. The Bertz CT molecular complexity index is 539. The maximum absolute atomic E-state index is 6.05. The van der Waals surface area contributed by atoms with Crippen LogP contribution in [0.15, 0.2) is 41.3 Å². The van der Waals surface area contributed by atoms with Crippen LogP contribution < -0.4 is 5.32 Å². The summed E-state index contributed by atoms with van der Waals surface area (Å²) >= 11 is 6.05. The normalized spacial score (nSPS) is 29.2. The largest absolute Gasteiger partial charge is 0.368 e. The predicted octanol–water partition coefficient (Wildman–Crippen LogP) is 3.50. The van der Waals surface area contributed by atoms with Gasteiger partial charge in [0.1, 0.15) is 0 Å². The molecule has 0 spiro atoms. The monoisotopic (exact) mass is 347 g/mol. The van der Waals surface area contributed by atoms with Crippen LogP contribution in [0.25, 0.3) is 0 Å². The van der Waals surface area contributed by atoms with E-state index in [9.17, 15) is 0 Å². The summed E-state index contributed by atoms with van der Waals surface area (Å²) in [6, 6.07) is 1.44. The highest BCUT2D eigenvalue weighted by molar-refractivity contribution is 6.31. The minimum atomic E-state index is 0.379. The van der Waals surface area contributed by atoms with Gasteiger partial charge >= 0.3 is 0 Å². The van der Waals surface area contributed by atoms with E-state index in [4.69, 9.17) is 11.6 Å². The Morgan fingerprint density at radius 3 is 2.79 bits per heavy atom. The average molecular weight is 348 g/mol. The summed E-state index contributed by atoms with van der Waals surface area (Å²) < 4.78 is 0. The molecule has 2 fully saturated rings. The number of piperidine rings is 1. The van der Waals surface area contributed by atoms with E-state index in [1.165, 1.54) is 31.5 Å². The van der Waals surface area contributed by atoms with E-state index in [0.29, 0.717) is 12.0 Å². The summed E-state index contributed by atoms with van der Waals surface area (Å²) in [7, 11) is 0. The summed E-state index contributed by atoms with van der Waals surface area (Å²) in [6.07, 6.45) is 11.0. The van der Waals surface area contributed by atoms with Crippen molar-refractivity contribution in [2.45, 2.75) is 44.7 Å². The lowest BCUT2D eigenvalue weighted by atomic mass is 9.93. The fraction of sp³-hybridized carbons (Fsp3) is 0.650. The van der Waals surface area contributed by atoms with Gasteiger partial charge in [0.25, 0.3) is 0 Å². The van der Waals surface area contributed by atoms with Gasteiger partial charge in [0, 0.05) is 55.8 Å². The fourth-order valence-corrected chi connectivity index (χ4v) is 4.51. The lowest BCUT2D eigenvalue weighted by Crippen LogP contribution is -2.57. The quantitative estimate of drug-likeness (QED) is 0.785. The highest BCUT2D eigenvalue weighted by Gasteiger charge is 2.31. The summed E-state index contributed by atoms with van der Waals surface area (Å²) in [5.74, 6) is 0.379. The van der Waals surface area contributed by atoms with E-state index >= 15 is 0 Å². The molecule has 132 valence electrons. The van der Waals surface area contributed by atoms with Gasteiger partial charge in [0.2, 0.25) is 0 Å². The van der Waals surface area contributed by atoms with Crippen LogP contribution in [-0.2, 0) is 0 Å². The number of piperazine rings is 1. The predicted molar refractivity (Wildman–Crippen MR) is 102 cm³/mol. The molecule has 0 saturated carbocycles. The number of halogens is 1. The van der Waals surface area contributed by atoms with Gasteiger partial charge in [-0.3, -0.25) is 4.90 Å². The SMILES string of the molecule is C=C=C(C1C=CC(Cl)=CC1)N1CCC(N2CCNCC2CC)CC1. The van der Waals surface area contributed by atoms with Crippen LogP contribution in [0.4, 0.5) is 0 Å². The van der Waals surface area contributed by atoms with E-state index in [-0.39, 0.29) is 0 Å². The van der Waals surface area contributed by atoms with Crippen molar-refractivity contribution in [1.82, 2.24) is 15.1 Å². The second kappa shape index (κ2) is 8.40. The molecule has 24 heavy (non-hydrogen) atoms.